The van der Waals surface area contributed by atoms with Crippen molar-refractivity contribution in [1.82, 2.24) is 15.6 Å². The number of aliphatic hydroxyl groups is 1. The number of benzene rings is 2. The molecule has 0 fully saturated rings. The van der Waals surface area contributed by atoms with E-state index in [1.807, 2.05) is 60.7 Å². The second-order valence-corrected chi connectivity index (χ2v) is 9.74. The van der Waals surface area contributed by atoms with Crippen LogP contribution in [0.4, 0.5) is 9.59 Å². The highest BCUT2D eigenvalue weighted by Crippen LogP contribution is 2.15. The average Bonchev–Trinajstić information content (AvgIpc) is 3.37. The fraction of sp³-hybridized carbons (Fsp3) is 0.370. The topological polar surface area (TPSA) is 110 Å². The van der Waals surface area contributed by atoms with Crippen LogP contribution in [0.5, 0.6) is 0 Å². The van der Waals surface area contributed by atoms with E-state index in [0.717, 1.165) is 16.0 Å². The van der Waals surface area contributed by atoms with Gasteiger partial charge in [0.25, 0.3) is 0 Å². The number of aromatic nitrogens is 1. The Balaban J connectivity index is 1.70. The summed E-state index contributed by atoms with van der Waals surface area (Å²) in [5, 5.41) is 16.9. The normalized spacial score (nSPS) is 13.4. The molecule has 0 spiro atoms. The standard InChI is InChI=1S/C27H33N3O5S/c1-19(2)35-27(33)29-22(13-20-9-5-3-6-10-20)15-25(31)24(14-21-11-7-4-8-12-21)30-26(32)34-17-23-16-28-18-36-23/h3-12,16,18-19,22,24-25,31H,13-15,17H2,1-2H3,(H,29,33)(H,30,32)/t22-,24-,25-/m0/s1. The van der Waals surface area contributed by atoms with Gasteiger partial charge in [-0.1, -0.05) is 60.7 Å². The summed E-state index contributed by atoms with van der Waals surface area (Å²) in [6, 6.07) is 18.2. The predicted octanol–water partition coefficient (Wildman–Crippen LogP) is 4.48. The number of nitrogens with zero attached hydrogens (tertiary/aromatic N) is 1. The zero-order valence-corrected chi connectivity index (χ0v) is 21.3. The Bertz CT molecular complexity index is 1050. The van der Waals surface area contributed by atoms with Crippen LogP contribution >= 0.6 is 11.3 Å². The summed E-state index contributed by atoms with van der Waals surface area (Å²) in [4.78, 5) is 29.7. The highest BCUT2D eigenvalue weighted by atomic mass is 32.1. The van der Waals surface area contributed by atoms with Crippen LogP contribution in [0.25, 0.3) is 0 Å². The molecular weight excluding hydrogens is 478 g/mol. The number of aliphatic hydroxyl groups excluding tert-OH is 1. The fourth-order valence-electron chi connectivity index (χ4n) is 3.76. The minimum Gasteiger partial charge on any atom is -0.447 e. The van der Waals surface area contributed by atoms with Crippen LogP contribution in [-0.4, -0.2) is 46.6 Å². The van der Waals surface area contributed by atoms with E-state index in [0.29, 0.717) is 12.8 Å². The fourth-order valence-corrected chi connectivity index (χ4v) is 4.26. The van der Waals surface area contributed by atoms with E-state index in [1.54, 1.807) is 25.6 Å². The van der Waals surface area contributed by atoms with E-state index in [2.05, 4.69) is 15.6 Å². The van der Waals surface area contributed by atoms with Gasteiger partial charge < -0.3 is 25.2 Å². The maximum absolute atomic E-state index is 12.6. The molecule has 2 aromatic carbocycles. The molecule has 9 heteroatoms. The number of hydrogen-bond acceptors (Lipinski definition) is 7. The number of hydrogen-bond donors (Lipinski definition) is 3. The number of alkyl carbamates (subject to hydrolysis) is 2. The first kappa shape index (κ1) is 27.2. The monoisotopic (exact) mass is 511 g/mol. The average molecular weight is 512 g/mol. The molecule has 2 amide bonds. The van der Waals surface area contributed by atoms with Gasteiger partial charge in [0.15, 0.2) is 0 Å². The molecule has 0 aliphatic carbocycles. The van der Waals surface area contributed by atoms with Crippen LogP contribution in [0.1, 0.15) is 36.3 Å². The number of carbonyl (C=O) groups excluding carboxylic acids is 2. The van der Waals surface area contributed by atoms with Crippen LogP contribution in [0.15, 0.2) is 72.4 Å². The van der Waals surface area contributed by atoms with Crippen molar-refractivity contribution < 1.29 is 24.2 Å². The van der Waals surface area contributed by atoms with Crippen molar-refractivity contribution in [3.63, 3.8) is 0 Å². The zero-order valence-electron chi connectivity index (χ0n) is 20.5. The predicted molar refractivity (Wildman–Crippen MR) is 139 cm³/mol. The van der Waals surface area contributed by atoms with Crippen molar-refractivity contribution in [3.05, 3.63) is 88.4 Å². The van der Waals surface area contributed by atoms with Crippen LogP contribution < -0.4 is 10.6 Å². The third-order valence-corrected chi connectivity index (χ3v) is 6.16. The van der Waals surface area contributed by atoms with Crippen LogP contribution in [0.2, 0.25) is 0 Å². The molecule has 0 unspecified atom stereocenters. The minimum absolute atomic E-state index is 0.101. The van der Waals surface area contributed by atoms with E-state index in [4.69, 9.17) is 9.47 Å². The molecule has 36 heavy (non-hydrogen) atoms. The lowest BCUT2D eigenvalue weighted by Gasteiger charge is -2.28. The minimum atomic E-state index is -0.964. The lowest BCUT2D eigenvalue weighted by atomic mass is 9.94. The van der Waals surface area contributed by atoms with Gasteiger partial charge in [-0.25, -0.2) is 9.59 Å². The van der Waals surface area contributed by atoms with Crippen LogP contribution in [0.3, 0.4) is 0 Å². The molecule has 1 heterocycles. The number of nitrogens with one attached hydrogen (secondary N) is 2. The van der Waals surface area contributed by atoms with Gasteiger partial charge in [-0.05, 0) is 44.2 Å². The Morgan fingerprint density at radius 2 is 1.58 bits per heavy atom. The second kappa shape index (κ2) is 14.2. The van der Waals surface area contributed by atoms with E-state index in [-0.39, 0.29) is 19.1 Å². The highest BCUT2D eigenvalue weighted by Gasteiger charge is 2.27. The summed E-state index contributed by atoms with van der Waals surface area (Å²) >= 11 is 1.39. The van der Waals surface area contributed by atoms with E-state index < -0.39 is 30.4 Å². The molecule has 192 valence electrons. The second-order valence-electron chi connectivity index (χ2n) is 8.77. The first-order chi connectivity index (χ1) is 17.4. The number of rotatable bonds is 12. The summed E-state index contributed by atoms with van der Waals surface area (Å²) in [5.41, 5.74) is 3.63. The van der Waals surface area contributed by atoms with Gasteiger partial charge in [0.1, 0.15) is 6.61 Å². The molecule has 3 rings (SSSR count). The lowest BCUT2D eigenvalue weighted by molar-refractivity contribution is 0.0831. The van der Waals surface area contributed by atoms with Crippen LogP contribution in [0, 0.1) is 0 Å². The van der Waals surface area contributed by atoms with Gasteiger partial charge in [0.05, 0.1) is 28.6 Å². The summed E-state index contributed by atoms with van der Waals surface area (Å²) in [6.45, 7) is 3.65. The van der Waals surface area contributed by atoms with Gasteiger partial charge in [0, 0.05) is 12.2 Å². The first-order valence-electron chi connectivity index (χ1n) is 11.9. The van der Waals surface area contributed by atoms with Crippen LogP contribution in [-0.2, 0) is 28.9 Å². The molecule has 3 atom stereocenters. The number of ether oxygens (including phenoxy) is 2. The molecule has 3 aromatic rings. The summed E-state index contributed by atoms with van der Waals surface area (Å²) in [6.07, 6.45) is 0.330. The van der Waals surface area contributed by atoms with E-state index in [9.17, 15) is 14.7 Å². The number of carbonyl (C=O) groups is 2. The Morgan fingerprint density at radius 3 is 2.17 bits per heavy atom. The molecule has 0 aliphatic rings. The quantitative estimate of drug-likeness (QED) is 0.331. The van der Waals surface area contributed by atoms with Gasteiger partial charge in [0.2, 0.25) is 0 Å². The maximum Gasteiger partial charge on any atom is 0.407 e. The van der Waals surface area contributed by atoms with E-state index >= 15 is 0 Å². The van der Waals surface area contributed by atoms with E-state index in [1.165, 1.54) is 11.3 Å². The SMILES string of the molecule is CC(C)OC(=O)N[C@@H](Cc1ccccc1)C[C@H](O)[C@H](Cc1ccccc1)NC(=O)OCc1cncs1. The van der Waals surface area contributed by atoms with Gasteiger partial charge in [-0.2, -0.15) is 0 Å². The van der Waals surface area contributed by atoms with Crippen molar-refractivity contribution >= 4 is 23.5 Å². The molecule has 0 aliphatic heterocycles. The first-order valence-corrected chi connectivity index (χ1v) is 12.8. The molecular formula is C27H33N3O5S. The van der Waals surface area contributed by atoms with Crippen molar-refractivity contribution in [2.45, 2.75) is 64.0 Å². The molecule has 8 nitrogen and oxygen atoms in total. The Kier molecular flexibility index (Phi) is 10.7. The molecule has 0 saturated carbocycles. The summed E-state index contributed by atoms with van der Waals surface area (Å²) < 4.78 is 10.6. The zero-order chi connectivity index (χ0) is 25.8. The Morgan fingerprint density at radius 1 is 0.944 bits per heavy atom. The number of thiazole rings is 1. The van der Waals surface area contributed by atoms with Crippen molar-refractivity contribution in [2.24, 2.45) is 0 Å². The summed E-state index contributed by atoms with van der Waals surface area (Å²) in [5.74, 6) is 0. The third kappa shape index (κ3) is 9.67. The summed E-state index contributed by atoms with van der Waals surface area (Å²) in [7, 11) is 0. The van der Waals surface area contributed by atoms with Crippen molar-refractivity contribution in [3.8, 4) is 0 Å². The molecule has 1 aromatic heterocycles. The Labute approximate surface area is 215 Å². The van der Waals surface area contributed by atoms with Gasteiger partial charge >= 0.3 is 12.2 Å². The highest BCUT2D eigenvalue weighted by molar-refractivity contribution is 7.09. The molecule has 0 radical (unpaired) electrons. The maximum atomic E-state index is 12.6. The third-order valence-electron chi connectivity index (χ3n) is 5.41. The molecule has 0 bridgehead atoms. The largest absolute Gasteiger partial charge is 0.447 e. The smallest absolute Gasteiger partial charge is 0.407 e. The van der Waals surface area contributed by atoms with Gasteiger partial charge in [-0.15, -0.1) is 11.3 Å². The Hall–Kier alpha value is -3.43. The van der Waals surface area contributed by atoms with Crippen molar-refractivity contribution in [2.75, 3.05) is 0 Å². The van der Waals surface area contributed by atoms with Gasteiger partial charge in [-0.3, -0.25) is 4.98 Å². The lowest BCUT2D eigenvalue weighted by Crippen LogP contribution is -2.49. The number of amides is 2. The molecule has 0 saturated heterocycles. The molecule has 3 N–H and O–H groups in total. The van der Waals surface area contributed by atoms with Crippen molar-refractivity contribution in [1.29, 1.82) is 0 Å².